The maximum Gasteiger partial charge on any atom is 0.332 e. The first-order chi connectivity index (χ1) is 17.2. The molecule has 0 fully saturated rings. The first-order valence-corrected chi connectivity index (χ1v) is 12.0. The SMILES string of the molecule is CC(C)(C)c1ccc(-c2noc(Cn3c(=O)n(Cc4cccc(Cl)c4)c(=O)c4ccccc43)n2)cc1. The van der Waals surface area contributed by atoms with E-state index in [1.54, 1.807) is 42.5 Å². The molecule has 0 N–H and O–H groups in total. The Morgan fingerprint density at radius 1 is 0.889 bits per heavy atom. The van der Waals surface area contributed by atoms with Gasteiger partial charge in [0.1, 0.15) is 6.54 Å². The van der Waals surface area contributed by atoms with Crippen molar-refractivity contribution in [3.05, 3.63) is 116 Å². The van der Waals surface area contributed by atoms with Crippen molar-refractivity contribution in [1.82, 2.24) is 19.3 Å². The minimum absolute atomic E-state index is 0.0300. The van der Waals surface area contributed by atoms with E-state index < -0.39 is 5.69 Å². The van der Waals surface area contributed by atoms with Gasteiger partial charge in [-0.05, 0) is 40.8 Å². The predicted molar refractivity (Wildman–Crippen MR) is 141 cm³/mol. The Hall–Kier alpha value is -3.97. The topological polar surface area (TPSA) is 82.9 Å². The molecule has 182 valence electrons. The van der Waals surface area contributed by atoms with Gasteiger partial charge in [-0.15, -0.1) is 0 Å². The monoisotopic (exact) mass is 500 g/mol. The lowest BCUT2D eigenvalue weighted by Crippen LogP contribution is -2.40. The molecule has 7 nitrogen and oxygen atoms in total. The molecule has 0 spiro atoms. The molecule has 5 aromatic rings. The van der Waals surface area contributed by atoms with Gasteiger partial charge in [0.25, 0.3) is 5.56 Å². The van der Waals surface area contributed by atoms with Gasteiger partial charge < -0.3 is 4.52 Å². The molecule has 0 aliphatic rings. The lowest BCUT2D eigenvalue weighted by molar-refractivity contribution is 0.369. The standard InChI is InChI=1S/C28H25ClN4O3/c1-28(2,3)20-13-11-19(12-14-20)25-30-24(36-31-25)17-32-23-10-5-4-9-22(23)26(34)33(27(32)35)16-18-7-6-8-21(29)15-18/h4-15H,16-17H2,1-3H3. The lowest BCUT2D eigenvalue weighted by atomic mass is 9.87. The predicted octanol–water partition coefficient (Wildman–Crippen LogP) is 5.26. The van der Waals surface area contributed by atoms with Gasteiger partial charge in [-0.3, -0.25) is 13.9 Å². The Kier molecular flexibility index (Phi) is 6.10. The average molecular weight is 501 g/mol. The summed E-state index contributed by atoms with van der Waals surface area (Å²) in [4.78, 5) is 31.2. The highest BCUT2D eigenvalue weighted by Crippen LogP contribution is 2.25. The molecule has 0 saturated heterocycles. The van der Waals surface area contributed by atoms with Gasteiger partial charge in [-0.25, -0.2) is 4.79 Å². The van der Waals surface area contributed by atoms with E-state index in [9.17, 15) is 9.59 Å². The summed E-state index contributed by atoms with van der Waals surface area (Å²) in [7, 11) is 0. The first-order valence-electron chi connectivity index (χ1n) is 11.6. The number of fused-ring (bicyclic) bond motifs is 1. The summed E-state index contributed by atoms with van der Waals surface area (Å²) in [5, 5.41) is 5.08. The summed E-state index contributed by atoms with van der Waals surface area (Å²) in [6.45, 7) is 6.59. The Bertz CT molecular complexity index is 1670. The molecular weight excluding hydrogens is 476 g/mol. The van der Waals surface area contributed by atoms with Crippen LogP contribution in [-0.2, 0) is 18.5 Å². The van der Waals surface area contributed by atoms with E-state index in [1.807, 2.05) is 18.2 Å². The third-order valence-electron chi connectivity index (χ3n) is 6.13. The van der Waals surface area contributed by atoms with Crippen molar-refractivity contribution in [1.29, 1.82) is 0 Å². The molecular formula is C28H25ClN4O3. The molecule has 0 bridgehead atoms. The number of hydrogen-bond donors (Lipinski definition) is 0. The number of nitrogens with zero attached hydrogens (tertiary/aromatic N) is 4. The largest absolute Gasteiger partial charge is 0.337 e. The fourth-order valence-corrected chi connectivity index (χ4v) is 4.38. The van der Waals surface area contributed by atoms with E-state index in [4.69, 9.17) is 16.1 Å². The van der Waals surface area contributed by atoms with Crippen LogP contribution in [0.3, 0.4) is 0 Å². The molecule has 0 saturated carbocycles. The first kappa shape index (κ1) is 23.8. The zero-order valence-electron chi connectivity index (χ0n) is 20.2. The Morgan fingerprint density at radius 2 is 1.64 bits per heavy atom. The van der Waals surface area contributed by atoms with Crippen molar-refractivity contribution in [3.8, 4) is 11.4 Å². The van der Waals surface area contributed by atoms with E-state index >= 15 is 0 Å². The molecule has 0 radical (unpaired) electrons. The minimum Gasteiger partial charge on any atom is -0.337 e. The summed E-state index contributed by atoms with van der Waals surface area (Å²) in [6.07, 6.45) is 0. The number of para-hydroxylation sites is 1. The minimum atomic E-state index is -0.465. The van der Waals surface area contributed by atoms with Gasteiger partial charge in [0, 0.05) is 10.6 Å². The Balaban J connectivity index is 1.53. The van der Waals surface area contributed by atoms with Gasteiger partial charge in [-0.1, -0.05) is 86.1 Å². The molecule has 0 unspecified atom stereocenters. The van der Waals surface area contributed by atoms with Gasteiger partial charge >= 0.3 is 5.69 Å². The fraction of sp³-hybridized carbons (Fsp3) is 0.214. The average Bonchev–Trinajstić information content (AvgIpc) is 3.33. The summed E-state index contributed by atoms with van der Waals surface area (Å²) in [6, 6.07) is 22.1. The number of aromatic nitrogens is 4. The summed E-state index contributed by atoms with van der Waals surface area (Å²) in [5.74, 6) is 0.708. The van der Waals surface area contributed by atoms with Crippen molar-refractivity contribution in [3.63, 3.8) is 0 Å². The van der Waals surface area contributed by atoms with E-state index in [1.165, 1.54) is 14.7 Å². The summed E-state index contributed by atoms with van der Waals surface area (Å²) in [5.41, 5.74) is 2.49. The molecule has 2 heterocycles. The fourth-order valence-electron chi connectivity index (χ4n) is 4.17. The number of rotatable bonds is 5. The van der Waals surface area contributed by atoms with Crippen molar-refractivity contribution in [2.45, 2.75) is 39.3 Å². The van der Waals surface area contributed by atoms with Crippen LogP contribution in [0.5, 0.6) is 0 Å². The second-order valence-corrected chi connectivity index (χ2v) is 10.2. The summed E-state index contributed by atoms with van der Waals surface area (Å²) < 4.78 is 8.20. The van der Waals surface area contributed by atoms with Crippen LogP contribution in [0.15, 0.2) is 86.9 Å². The zero-order chi connectivity index (χ0) is 25.4. The molecule has 0 aliphatic carbocycles. The summed E-state index contributed by atoms with van der Waals surface area (Å²) >= 11 is 6.11. The normalized spacial score (nSPS) is 11.8. The van der Waals surface area contributed by atoms with Crippen LogP contribution in [0, 0.1) is 0 Å². The third-order valence-corrected chi connectivity index (χ3v) is 6.37. The van der Waals surface area contributed by atoms with E-state index in [2.05, 4.69) is 43.0 Å². The van der Waals surface area contributed by atoms with E-state index in [-0.39, 0.29) is 30.0 Å². The van der Waals surface area contributed by atoms with Gasteiger partial charge in [0.15, 0.2) is 0 Å². The van der Waals surface area contributed by atoms with Crippen molar-refractivity contribution >= 4 is 22.5 Å². The van der Waals surface area contributed by atoms with E-state index in [0.717, 1.165) is 11.1 Å². The number of halogens is 1. The van der Waals surface area contributed by atoms with Gasteiger partial charge in [-0.2, -0.15) is 4.98 Å². The maximum atomic E-state index is 13.5. The molecule has 5 rings (SSSR count). The van der Waals surface area contributed by atoms with Crippen LogP contribution in [0.1, 0.15) is 37.8 Å². The van der Waals surface area contributed by atoms with Crippen LogP contribution in [0.4, 0.5) is 0 Å². The second-order valence-electron chi connectivity index (χ2n) is 9.75. The van der Waals surface area contributed by atoms with Crippen LogP contribution in [0.25, 0.3) is 22.3 Å². The van der Waals surface area contributed by atoms with Crippen molar-refractivity contribution in [2.24, 2.45) is 0 Å². The van der Waals surface area contributed by atoms with Gasteiger partial charge in [0.05, 0.1) is 17.4 Å². The highest BCUT2D eigenvalue weighted by molar-refractivity contribution is 6.30. The highest BCUT2D eigenvalue weighted by Gasteiger charge is 2.18. The van der Waals surface area contributed by atoms with Crippen LogP contribution < -0.4 is 11.2 Å². The molecule has 0 aliphatic heterocycles. The van der Waals surface area contributed by atoms with Crippen molar-refractivity contribution in [2.75, 3.05) is 0 Å². The molecule has 36 heavy (non-hydrogen) atoms. The highest BCUT2D eigenvalue weighted by atomic mass is 35.5. The number of hydrogen-bond acceptors (Lipinski definition) is 5. The van der Waals surface area contributed by atoms with E-state index in [0.29, 0.717) is 21.7 Å². The zero-order valence-corrected chi connectivity index (χ0v) is 21.0. The molecule has 3 aromatic carbocycles. The third kappa shape index (κ3) is 4.62. The molecule has 2 aromatic heterocycles. The Labute approximate surface area is 212 Å². The molecule has 0 amide bonds. The Morgan fingerprint density at radius 3 is 2.36 bits per heavy atom. The van der Waals surface area contributed by atoms with Crippen LogP contribution in [0.2, 0.25) is 5.02 Å². The second kappa shape index (κ2) is 9.24. The molecule has 8 heteroatoms. The maximum absolute atomic E-state index is 13.5. The molecule has 0 atom stereocenters. The van der Waals surface area contributed by atoms with Crippen LogP contribution >= 0.6 is 11.6 Å². The quantitative estimate of drug-likeness (QED) is 0.328. The van der Waals surface area contributed by atoms with Gasteiger partial charge in [0.2, 0.25) is 11.7 Å². The van der Waals surface area contributed by atoms with Crippen molar-refractivity contribution < 1.29 is 4.52 Å². The van der Waals surface area contributed by atoms with Crippen LogP contribution in [-0.4, -0.2) is 19.3 Å². The lowest BCUT2D eigenvalue weighted by Gasteiger charge is -2.18. The number of benzene rings is 3. The smallest absolute Gasteiger partial charge is 0.332 e.